The number of nitrogens with zero attached hydrogens (tertiary/aromatic N) is 2. The van der Waals surface area contributed by atoms with Crippen LogP contribution in [0.4, 0.5) is 0 Å². The Morgan fingerprint density at radius 1 is 1.26 bits per heavy atom. The fourth-order valence-corrected chi connectivity index (χ4v) is 2.15. The van der Waals surface area contributed by atoms with Gasteiger partial charge in [0.05, 0.1) is 6.10 Å². The number of aryl methyl sites for hydroxylation is 1. The minimum atomic E-state index is 0.117. The van der Waals surface area contributed by atoms with Crippen LogP contribution in [0, 0.1) is 11.8 Å². The molecule has 0 saturated heterocycles. The van der Waals surface area contributed by atoms with Crippen LogP contribution in [0.3, 0.4) is 0 Å². The molecule has 0 aliphatic rings. The summed E-state index contributed by atoms with van der Waals surface area (Å²) in [5, 5.41) is 3.98. The highest BCUT2D eigenvalue weighted by molar-refractivity contribution is 4.89. The molecular weight excluding hydrogens is 242 g/mol. The predicted molar refractivity (Wildman–Crippen MR) is 74.8 cm³/mol. The highest BCUT2D eigenvalue weighted by Gasteiger charge is 2.15. The van der Waals surface area contributed by atoms with Crippen molar-refractivity contribution in [2.45, 2.75) is 52.6 Å². The van der Waals surface area contributed by atoms with Crippen molar-refractivity contribution in [1.82, 2.24) is 10.1 Å². The topological polar surface area (TPSA) is 74.2 Å². The third-order valence-corrected chi connectivity index (χ3v) is 3.59. The van der Waals surface area contributed by atoms with Crippen molar-refractivity contribution >= 4 is 0 Å². The van der Waals surface area contributed by atoms with Crippen LogP contribution in [-0.2, 0) is 17.6 Å². The summed E-state index contributed by atoms with van der Waals surface area (Å²) >= 11 is 0. The predicted octanol–water partition coefficient (Wildman–Crippen LogP) is 2.20. The van der Waals surface area contributed by atoms with Gasteiger partial charge in [-0.1, -0.05) is 19.0 Å². The summed E-state index contributed by atoms with van der Waals surface area (Å²) in [4.78, 5) is 4.40. The second-order valence-corrected chi connectivity index (χ2v) is 5.47. The normalized spacial score (nSPS) is 14.8. The van der Waals surface area contributed by atoms with Crippen LogP contribution in [0.25, 0.3) is 0 Å². The maximum absolute atomic E-state index is 5.65. The Morgan fingerprint density at radius 2 is 2.00 bits per heavy atom. The van der Waals surface area contributed by atoms with E-state index in [9.17, 15) is 0 Å². The summed E-state index contributed by atoms with van der Waals surface area (Å²) in [6, 6.07) is 0. The first-order valence-corrected chi connectivity index (χ1v) is 7.11. The highest BCUT2D eigenvalue weighted by atomic mass is 16.5. The summed E-state index contributed by atoms with van der Waals surface area (Å²) in [6.45, 7) is 7.20. The molecule has 19 heavy (non-hydrogen) atoms. The van der Waals surface area contributed by atoms with Gasteiger partial charge in [-0.2, -0.15) is 4.98 Å². The molecule has 0 saturated carbocycles. The Labute approximate surface area is 115 Å². The van der Waals surface area contributed by atoms with Gasteiger partial charge in [0.2, 0.25) is 5.89 Å². The molecule has 5 nitrogen and oxygen atoms in total. The van der Waals surface area contributed by atoms with E-state index < -0.39 is 0 Å². The number of ether oxygens (including phenoxy) is 1. The molecule has 2 atom stereocenters. The van der Waals surface area contributed by atoms with Gasteiger partial charge in [-0.3, -0.25) is 0 Å². The van der Waals surface area contributed by atoms with Crippen LogP contribution >= 0.6 is 0 Å². The minimum Gasteiger partial charge on any atom is -0.381 e. The lowest BCUT2D eigenvalue weighted by Gasteiger charge is -2.18. The quantitative estimate of drug-likeness (QED) is 0.744. The first kappa shape index (κ1) is 16.1. The zero-order chi connectivity index (χ0) is 14.3. The molecule has 0 spiro atoms. The Kier molecular flexibility index (Phi) is 7.02. The molecule has 1 aromatic rings. The largest absolute Gasteiger partial charge is 0.381 e. The summed E-state index contributed by atoms with van der Waals surface area (Å²) < 4.78 is 10.5. The van der Waals surface area contributed by atoms with Crippen molar-refractivity contribution in [3.8, 4) is 0 Å². The van der Waals surface area contributed by atoms with Gasteiger partial charge in [0, 0.05) is 20.0 Å². The molecule has 0 fully saturated rings. The summed E-state index contributed by atoms with van der Waals surface area (Å²) in [7, 11) is 1.69. The molecule has 0 aliphatic heterocycles. The smallest absolute Gasteiger partial charge is 0.226 e. The number of nitrogens with two attached hydrogens (primary N) is 1. The van der Waals surface area contributed by atoms with Crippen LogP contribution < -0.4 is 5.73 Å². The zero-order valence-electron chi connectivity index (χ0n) is 12.6. The SMILES string of the molecule is COC(C)Cc1noc(CCC(CCN)C(C)C)n1. The molecule has 0 amide bonds. The second kappa shape index (κ2) is 8.27. The van der Waals surface area contributed by atoms with Gasteiger partial charge >= 0.3 is 0 Å². The fourth-order valence-electron chi connectivity index (χ4n) is 2.15. The van der Waals surface area contributed by atoms with Gasteiger partial charge in [0.1, 0.15) is 0 Å². The van der Waals surface area contributed by atoms with E-state index in [4.69, 9.17) is 15.0 Å². The van der Waals surface area contributed by atoms with E-state index in [0.717, 1.165) is 37.5 Å². The summed E-state index contributed by atoms with van der Waals surface area (Å²) in [5.74, 6) is 2.71. The number of rotatable bonds is 9. The number of aromatic nitrogens is 2. The molecule has 1 heterocycles. The van der Waals surface area contributed by atoms with Crippen molar-refractivity contribution in [2.75, 3.05) is 13.7 Å². The second-order valence-electron chi connectivity index (χ2n) is 5.47. The molecule has 1 aromatic heterocycles. The maximum Gasteiger partial charge on any atom is 0.226 e. The Morgan fingerprint density at radius 3 is 2.58 bits per heavy atom. The van der Waals surface area contributed by atoms with Crippen molar-refractivity contribution < 1.29 is 9.26 Å². The Bertz CT molecular complexity index is 352. The van der Waals surface area contributed by atoms with E-state index in [1.807, 2.05) is 6.92 Å². The lowest BCUT2D eigenvalue weighted by Crippen LogP contribution is -2.15. The number of methoxy groups -OCH3 is 1. The molecule has 0 aromatic carbocycles. The van der Waals surface area contributed by atoms with Gasteiger partial charge in [0.15, 0.2) is 5.82 Å². The third-order valence-electron chi connectivity index (χ3n) is 3.59. The Hall–Kier alpha value is -0.940. The molecule has 2 N–H and O–H groups in total. The van der Waals surface area contributed by atoms with Crippen molar-refractivity contribution in [2.24, 2.45) is 17.6 Å². The van der Waals surface area contributed by atoms with Crippen LogP contribution in [0.5, 0.6) is 0 Å². The van der Waals surface area contributed by atoms with Gasteiger partial charge < -0.3 is 15.0 Å². The van der Waals surface area contributed by atoms with Crippen LogP contribution in [-0.4, -0.2) is 29.9 Å². The van der Waals surface area contributed by atoms with E-state index >= 15 is 0 Å². The van der Waals surface area contributed by atoms with Crippen molar-refractivity contribution in [3.63, 3.8) is 0 Å². The molecule has 0 aliphatic carbocycles. The first-order valence-electron chi connectivity index (χ1n) is 7.11. The van der Waals surface area contributed by atoms with Crippen LogP contribution in [0.1, 0.15) is 45.3 Å². The van der Waals surface area contributed by atoms with E-state index in [1.54, 1.807) is 7.11 Å². The summed E-state index contributed by atoms with van der Waals surface area (Å²) in [5.41, 5.74) is 5.65. The van der Waals surface area contributed by atoms with E-state index in [-0.39, 0.29) is 6.10 Å². The van der Waals surface area contributed by atoms with Gasteiger partial charge in [-0.25, -0.2) is 0 Å². The molecule has 0 radical (unpaired) electrons. The average Bonchev–Trinajstić information content (AvgIpc) is 2.81. The molecule has 1 rings (SSSR count). The standard InChI is InChI=1S/C14H27N3O2/c1-10(2)12(7-8-15)5-6-14-16-13(17-19-14)9-11(3)18-4/h10-12H,5-9,15H2,1-4H3. The van der Waals surface area contributed by atoms with Crippen LogP contribution in [0.15, 0.2) is 4.52 Å². The number of hydrogen-bond donors (Lipinski definition) is 1. The van der Waals surface area contributed by atoms with Crippen molar-refractivity contribution in [1.29, 1.82) is 0 Å². The van der Waals surface area contributed by atoms with Gasteiger partial charge in [-0.05, 0) is 38.1 Å². The third kappa shape index (κ3) is 5.70. The Balaban J connectivity index is 2.44. The van der Waals surface area contributed by atoms with Gasteiger partial charge in [-0.15, -0.1) is 0 Å². The fraction of sp³-hybridized carbons (Fsp3) is 0.857. The van der Waals surface area contributed by atoms with E-state index in [0.29, 0.717) is 18.3 Å². The molecule has 110 valence electrons. The van der Waals surface area contributed by atoms with E-state index in [1.165, 1.54) is 0 Å². The lowest BCUT2D eigenvalue weighted by atomic mass is 9.88. The van der Waals surface area contributed by atoms with Crippen LogP contribution in [0.2, 0.25) is 0 Å². The number of hydrogen-bond acceptors (Lipinski definition) is 5. The minimum absolute atomic E-state index is 0.117. The maximum atomic E-state index is 5.65. The first-order chi connectivity index (χ1) is 9.06. The van der Waals surface area contributed by atoms with E-state index in [2.05, 4.69) is 24.0 Å². The lowest BCUT2D eigenvalue weighted by molar-refractivity contribution is 0.116. The molecule has 5 heteroatoms. The van der Waals surface area contributed by atoms with Gasteiger partial charge in [0.25, 0.3) is 0 Å². The highest BCUT2D eigenvalue weighted by Crippen LogP contribution is 2.20. The summed E-state index contributed by atoms with van der Waals surface area (Å²) in [6.07, 6.45) is 3.75. The van der Waals surface area contributed by atoms with Crippen molar-refractivity contribution in [3.05, 3.63) is 11.7 Å². The zero-order valence-corrected chi connectivity index (χ0v) is 12.6. The molecular formula is C14H27N3O2. The molecule has 0 bridgehead atoms. The monoisotopic (exact) mass is 269 g/mol. The average molecular weight is 269 g/mol. The molecule has 2 unspecified atom stereocenters.